The minimum absolute atomic E-state index is 0.112. The molecule has 0 atom stereocenters. The van der Waals surface area contributed by atoms with Crippen LogP contribution in [0, 0.1) is 0 Å². The van der Waals surface area contributed by atoms with Crippen LogP contribution >= 0.6 is 15.9 Å². The molecule has 0 bridgehead atoms. The second-order valence-corrected chi connectivity index (χ2v) is 3.29. The highest BCUT2D eigenvalue weighted by Crippen LogP contribution is 2.34. The van der Waals surface area contributed by atoms with Gasteiger partial charge in [0.15, 0.2) is 0 Å². The van der Waals surface area contributed by atoms with Gasteiger partial charge in [-0.3, -0.25) is 0 Å². The van der Waals surface area contributed by atoms with Crippen molar-refractivity contribution >= 4 is 21.9 Å². The van der Waals surface area contributed by atoms with Gasteiger partial charge >= 0.3 is 10.8 Å². The first-order chi connectivity index (χ1) is 6.84. The molecule has 0 aliphatic rings. The van der Waals surface area contributed by atoms with Crippen LogP contribution < -0.4 is 0 Å². The molecule has 0 radical (unpaired) electrons. The van der Waals surface area contributed by atoms with Gasteiger partial charge in [0, 0.05) is 0 Å². The zero-order chi connectivity index (χ0) is 12.1. The summed E-state index contributed by atoms with van der Waals surface area (Å²) in [5.74, 6) is -4.58. The number of alkyl halides is 3. The zero-order valence-electron chi connectivity index (χ0n) is 8.15. The first kappa shape index (κ1) is 14.3. The molecule has 0 aliphatic heterocycles. The maximum absolute atomic E-state index is 13.1. The summed E-state index contributed by atoms with van der Waals surface area (Å²) < 4.78 is 47.1. The number of carbonyl (C=O) groups is 1. The van der Waals surface area contributed by atoms with Gasteiger partial charge in [-0.2, -0.15) is 13.2 Å². The van der Waals surface area contributed by atoms with Crippen LogP contribution in [0.15, 0.2) is 11.6 Å². The predicted molar refractivity (Wildman–Crippen MR) is 50.3 cm³/mol. The average molecular weight is 291 g/mol. The van der Waals surface area contributed by atoms with E-state index in [0.29, 0.717) is 0 Å². The van der Waals surface area contributed by atoms with Crippen molar-refractivity contribution in [2.45, 2.75) is 18.7 Å². The predicted octanol–water partition coefficient (Wildman–Crippen LogP) is 2.75. The topological polar surface area (TPSA) is 35.5 Å². The highest BCUT2D eigenvalue weighted by molar-refractivity contribution is 9.10. The molecule has 0 spiro atoms. The van der Waals surface area contributed by atoms with E-state index in [9.17, 15) is 18.0 Å². The molecule has 0 saturated heterocycles. The molecule has 15 heavy (non-hydrogen) atoms. The molecule has 0 aliphatic carbocycles. The molecule has 0 aromatic rings. The monoisotopic (exact) mass is 290 g/mol. The van der Waals surface area contributed by atoms with E-state index in [1.54, 1.807) is 0 Å². The molecule has 0 N–H and O–H groups in total. The lowest BCUT2D eigenvalue weighted by molar-refractivity contribution is -0.141. The summed E-state index contributed by atoms with van der Waals surface area (Å²) in [5, 5.41) is 0. The Morgan fingerprint density at radius 3 is 2.07 bits per heavy atom. The Hall–Kier alpha value is -0.720. The van der Waals surface area contributed by atoms with Crippen molar-refractivity contribution in [1.29, 1.82) is 0 Å². The van der Waals surface area contributed by atoms with E-state index >= 15 is 0 Å². The second kappa shape index (κ2) is 5.99. The largest absolute Gasteiger partial charge is 0.488 e. The van der Waals surface area contributed by atoms with Crippen LogP contribution in [0.5, 0.6) is 0 Å². The van der Waals surface area contributed by atoms with Crippen molar-refractivity contribution < 1.29 is 27.4 Å². The number of esters is 1. The quantitative estimate of drug-likeness (QED) is 0.338. The lowest BCUT2D eigenvalue weighted by atomic mass is 10.4. The summed E-state index contributed by atoms with van der Waals surface area (Å²) >= 11 is 1.90. The summed E-state index contributed by atoms with van der Waals surface area (Å²) in [7, 11) is 0. The standard InChI is InChI=1S/C8H10BrF3O3/c1-3-14-6(8(9,11)12)5(10)7(13)15-4-2/h3-4H2,1-2H3/b6-5+. The fraction of sp³-hybridized carbons (Fsp3) is 0.625. The van der Waals surface area contributed by atoms with Crippen LogP contribution in [-0.2, 0) is 14.3 Å². The van der Waals surface area contributed by atoms with E-state index in [4.69, 9.17) is 0 Å². The van der Waals surface area contributed by atoms with Crippen LogP contribution in [0.4, 0.5) is 13.2 Å². The lowest BCUT2D eigenvalue weighted by Crippen LogP contribution is -2.18. The van der Waals surface area contributed by atoms with Crippen molar-refractivity contribution in [2.24, 2.45) is 0 Å². The van der Waals surface area contributed by atoms with Gasteiger partial charge in [-0.15, -0.1) is 0 Å². The van der Waals surface area contributed by atoms with E-state index in [-0.39, 0.29) is 13.2 Å². The molecular formula is C8H10BrF3O3. The summed E-state index contributed by atoms with van der Waals surface area (Å²) in [5.41, 5.74) is 0. The third-order valence-corrected chi connectivity index (χ3v) is 1.56. The Kier molecular flexibility index (Phi) is 5.71. The van der Waals surface area contributed by atoms with Crippen molar-refractivity contribution in [3.63, 3.8) is 0 Å². The van der Waals surface area contributed by atoms with Gasteiger partial charge in [0.2, 0.25) is 5.76 Å². The number of halogens is 4. The van der Waals surface area contributed by atoms with Gasteiger partial charge in [0.25, 0.3) is 5.83 Å². The molecule has 0 fully saturated rings. The Bertz CT molecular complexity index is 260. The van der Waals surface area contributed by atoms with Crippen molar-refractivity contribution in [3.8, 4) is 0 Å². The molecule has 0 unspecified atom stereocenters. The van der Waals surface area contributed by atoms with E-state index in [1.807, 2.05) is 15.9 Å². The average Bonchev–Trinajstić information content (AvgIpc) is 2.11. The number of ether oxygens (including phenoxy) is 2. The Balaban J connectivity index is 5.00. The third-order valence-electron chi connectivity index (χ3n) is 1.20. The molecule has 0 aromatic carbocycles. The highest BCUT2D eigenvalue weighted by atomic mass is 79.9. The SMILES string of the molecule is CCOC(=O)/C(F)=C(\OCC)C(F)(F)Br. The van der Waals surface area contributed by atoms with E-state index in [1.165, 1.54) is 13.8 Å². The van der Waals surface area contributed by atoms with Gasteiger partial charge in [0.1, 0.15) is 0 Å². The number of hydrogen-bond acceptors (Lipinski definition) is 3. The molecule has 0 aromatic heterocycles. The third kappa shape index (κ3) is 4.55. The van der Waals surface area contributed by atoms with Gasteiger partial charge in [0.05, 0.1) is 13.2 Å². The Labute approximate surface area is 93.4 Å². The van der Waals surface area contributed by atoms with Crippen molar-refractivity contribution in [1.82, 2.24) is 0 Å². The molecule has 0 saturated carbocycles. The summed E-state index contributed by atoms with van der Waals surface area (Å²) in [6.45, 7) is 2.51. The molecular weight excluding hydrogens is 281 g/mol. The van der Waals surface area contributed by atoms with Crippen LogP contribution in [0.1, 0.15) is 13.8 Å². The normalized spacial score (nSPS) is 13.2. The summed E-state index contributed by atoms with van der Waals surface area (Å²) in [6.07, 6.45) is 0. The van der Waals surface area contributed by atoms with E-state index in [2.05, 4.69) is 9.47 Å². The van der Waals surface area contributed by atoms with Gasteiger partial charge in [-0.05, 0) is 29.8 Å². The minimum Gasteiger partial charge on any atom is -0.488 e. The molecule has 0 rings (SSSR count). The van der Waals surface area contributed by atoms with Crippen LogP contribution in [-0.4, -0.2) is 24.0 Å². The number of carbonyl (C=O) groups excluding carboxylic acids is 1. The summed E-state index contributed by atoms with van der Waals surface area (Å²) in [4.78, 5) is 7.08. The number of rotatable bonds is 5. The fourth-order valence-electron chi connectivity index (χ4n) is 0.701. The van der Waals surface area contributed by atoms with Crippen molar-refractivity contribution in [3.05, 3.63) is 11.6 Å². The van der Waals surface area contributed by atoms with Crippen LogP contribution in [0.2, 0.25) is 0 Å². The first-order valence-corrected chi connectivity index (χ1v) is 4.90. The fourth-order valence-corrected chi connectivity index (χ4v) is 0.990. The maximum atomic E-state index is 13.1. The second-order valence-electron chi connectivity index (χ2n) is 2.29. The Morgan fingerprint density at radius 2 is 1.73 bits per heavy atom. The smallest absolute Gasteiger partial charge is 0.371 e. The minimum atomic E-state index is -3.74. The van der Waals surface area contributed by atoms with Crippen LogP contribution in [0.25, 0.3) is 0 Å². The maximum Gasteiger partial charge on any atom is 0.371 e. The highest BCUT2D eigenvalue weighted by Gasteiger charge is 2.38. The number of allylic oxidation sites excluding steroid dienone is 1. The molecule has 0 heterocycles. The van der Waals surface area contributed by atoms with Gasteiger partial charge in [-0.1, -0.05) is 0 Å². The van der Waals surface area contributed by atoms with Crippen LogP contribution in [0.3, 0.4) is 0 Å². The molecule has 88 valence electrons. The first-order valence-electron chi connectivity index (χ1n) is 4.11. The zero-order valence-corrected chi connectivity index (χ0v) is 9.74. The summed E-state index contributed by atoms with van der Waals surface area (Å²) in [6, 6.07) is 0. The van der Waals surface area contributed by atoms with Crippen molar-refractivity contribution in [2.75, 3.05) is 13.2 Å². The Morgan fingerprint density at radius 1 is 1.27 bits per heavy atom. The van der Waals surface area contributed by atoms with Gasteiger partial charge in [-0.25, -0.2) is 4.79 Å². The number of hydrogen-bond donors (Lipinski definition) is 0. The van der Waals surface area contributed by atoms with E-state index in [0.717, 1.165) is 0 Å². The van der Waals surface area contributed by atoms with E-state index < -0.39 is 22.4 Å². The van der Waals surface area contributed by atoms with Gasteiger partial charge < -0.3 is 9.47 Å². The molecule has 3 nitrogen and oxygen atoms in total. The molecule has 7 heteroatoms. The lowest BCUT2D eigenvalue weighted by Gasteiger charge is -2.14. The molecule has 0 amide bonds.